The molecule has 1 atom stereocenters. The maximum Gasteiger partial charge on any atom is 0.251 e. The third-order valence-corrected chi connectivity index (χ3v) is 4.53. The number of amides is 1. The van der Waals surface area contributed by atoms with E-state index in [1.807, 2.05) is 48.5 Å². The number of aromatic nitrogens is 1. The number of hydrogen-bond donors (Lipinski definition) is 1. The summed E-state index contributed by atoms with van der Waals surface area (Å²) in [6, 6.07) is 16.7. The fourth-order valence-corrected chi connectivity index (χ4v) is 3.16. The van der Waals surface area contributed by atoms with Crippen LogP contribution in [0.1, 0.15) is 22.0 Å². The molecule has 1 aliphatic heterocycles. The van der Waals surface area contributed by atoms with Crippen molar-refractivity contribution in [2.45, 2.75) is 6.04 Å². The van der Waals surface area contributed by atoms with Crippen molar-refractivity contribution in [1.29, 1.82) is 0 Å². The van der Waals surface area contributed by atoms with E-state index in [0.29, 0.717) is 22.9 Å². The minimum absolute atomic E-state index is 0.136. The van der Waals surface area contributed by atoms with Crippen molar-refractivity contribution >= 4 is 17.5 Å². The van der Waals surface area contributed by atoms with Gasteiger partial charge in [-0.15, -0.1) is 0 Å². The fraction of sp³-hybridized carbons (Fsp3) is 0.100. The highest BCUT2D eigenvalue weighted by Crippen LogP contribution is 2.38. The smallest absolute Gasteiger partial charge is 0.251 e. The number of benzene rings is 2. The van der Waals surface area contributed by atoms with Crippen molar-refractivity contribution in [1.82, 2.24) is 10.3 Å². The van der Waals surface area contributed by atoms with Crippen molar-refractivity contribution in [3.05, 3.63) is 83.1 Å². The molecule has 25 heavy (non-hydrogen) atoms. The Kier molecular flexibility index (Phi) is 4.12. The highest BCUT2D eigenvalue weighted by molar-refractivity contribution is 6.32. The van der Waals surface area contributed by atoms with Gasteiger partial charge in [-0.1, -0.05) is 35.9 Å². The molecule has 124 valence electrons. The van der Waals surface area contributed by atoms with Gasteiger partial charge >= 0.3 is 0 Å². The fourth-order valence-electron chi connectivity index (χ4n) is 2.93. The maximum atomic E-state index is 12.5. The number of rotatable bonds is 3. The molecule has 2 aromatic carbocycles. The zero-order valence-corrected chi connectivity index (χ0v) is 14.0. The van der Waals surface area contributed by atoms with Crippen molar-refractivity contribution in [3.63, 3.8) is 0 Å². The molecular weight excluding hydrogens is 336 g/mol. The molecule has 1 N–H and O–H groups in total. The largest absolute Gasteiger partial charge is 0.489 e. The summed E-state index contributed by atoms with van der Waals surface area (Å²) in [5.74, 6) is 0.519. The molecule has 0 bridgehead atoms. The van der Waals surface area contributed by atoms with Crippen LogP contribution in [0, 0.1) is 0 Å². The average molecular weight is 351 g/mol. The third kappa shape index (κ3) is 3.08. The van der Waals surface area contributed by atoms with Gasteiger partial charge in [0.25, 0.3) is 5.91 Å². The topological polar surface area (TPSA) is 51.2 Å². The molecule has 4 rings (SSSR count). The summed E-state index contributed by atoms with van der Waals surface area (Å²) < 4.78 is 5.60. The highest BCUT2D eigenvalue weighted by Gasteiger charge is 2.27. The quantitative estimate of drug-likeness (QED) is 0.767. The van der Waals surface area contributed by atoms with E-state index in [0.717, 1.165) is 16.7 Å². The lowest BCUT2D eigenvalue weighted by Gasteiger charge is -2.12. The van der Waals surface area contributed by atoms with Gasteiger partial charge in [0.15, 0.2) is 0 Å². The summed E-state index contributed by atoms with van der Waals surface area (Å²) in [5, 5.41) is 3.57. The molecule has 0 fully saturated rings. The lowest BCUT2D eigenvalue weighted by atomic mass is 10.0. The van der Waals surface area contributed by atoms with E-state index in [4.69, 9.17) is 16.3 Å². The molecule has 0 spiro atoms. The van der Waals surface area contributed by atoms with Gasteiger partial charge in [-0.3, -0.25) is 9.78 Å². The predicted molar refractivity (Wildman–Crippen MR) is 96.8 cm³/mol. The summed E-state index contributed by atoms with van der Waals surface area (Å²) in [6.07, 6.45) is 3.50. The van der Waals surface area contributed by atoms with E-state index in [9.17, 15) is 4.79 Å². The maximum absolute atomic E-state index is 12.5. The molecule has 0 saturated heterocycles. The number of ether oxygens (including phenoxy) is 1. The second-order valence-electron chi connectivity index (χ2n) is 5.81. The first-order chi connectivity index (χ1) is 12.2. The van der Waals surface area contributed by atoms with Gasteiger partial charge in [-0.25, -0.2) is 0 Å². The normalized spacial score (nSPS) is 15.3. The van der Waals surface area contributed by atoms with Gasteiger partial charge < -0.3 is 10.1 Å². The molecule has 1 amide bonds. The summed E-state index contributed by atoms with van der Waals surface area (Å²) >= 11 is 6.12. The number of carbonyl (C=O) groups excluding carboxylic acids is 1. The van der Waals surface area contributed by atoms with Gasteiger partial charge in [0.05, 0.1) is 11.1 Å². The number of halogens is 1. The third-order valence-electron chi connectivity index (χ3n) is 4.23. The minimum Gasteiger partial charge on any atom is -0.489 e. The number of pyridine rings is 1. The minimum atomic E-state index is -0.193. The van der Waals surface area contributed by atoms with Gasteiger partial charge in [0.2, 0.25) is 0 Å². The Bertz CT molecular complexity index is 911. The summed E-state index contributed by atoms with van der Waals surface area (Å²) in [4.78, 5) is 16.5. The molecule has 1 unspecified atom stereocenters. The van der Waals surface area contributed by atoms with Gasteiger partial charge in [0.1, 0.15) is 12.4 Å². The van der Waals surface area contributed by atoms with E-state index >= 15 is 0 Å². The average Bonchev–Trinajstić information content (AvgIpc) is 3.07. The van der Waals surface area contributed by atoms with E-state index < -0.39 is 0 Å². The van der Waals surface area contributed by atoms with Gasteiger partial charge in [0, 0.05) is 23.5 Å². The Morgan fingerprint density at radius 2 is 1.76 bits per heavy atom. The van der Waals surface area contributed by atoms with Crippen molar-refractivity contribution < 1.29 is 9.53 Å². The predicted octanol–water partition coefficient (Wildman–Crippen LogP) is 4.27. The van der Waals surface area contributed by atoms with E-state index in [-0.39, 0.29) is 11.9 Å². The van der Waals surface area contributed by atoms with Crippen LogP contribution in [-0.4, -0.2) is 17.5 Å². The second-order valence-corrected chi connectivity index (χ2v) is 6.22. The first-order valence-electron chi connectivity index (χ1n) is 7.95. The first kappa shape index (κ1) is 15.7. The van der Waals surface area contributed by atoms with Crippen molar-refractivity contribution in [3.8, 4) is 16.9 Å². The molecule has 4 nitrogen and oxygen atoms in total. The lowest BCUT2D eigenvalue weighted by Crippen LogP contribution is -2.29. The van der Waals surface area contributed by atoms with Crippen molar-refractivity contribution in [2.24, 2.45) is 0 Å². The van der Waals surface area contributed by atoms with E-state index in [1.165, 1.54) is 0 Å². The summed E-state index contributed by atoms with van der Waals surface area (Å²) in [5.41, 5.74) is 3.62. The molecular formula is C20H15ClN2O2. The molecule has 1 aliphatic rings. The number of nitrogens with zero attached hydrogens (tertiary/aromatic N) is 1. The van der Waals surface area contributed by atoms with Gasteiger partial charge in [-0.2, -0.15) is 0 Å². The SMILES string of the molecule is O=C(NC1COc2c(Cl)cccc21)c1ccc(-c2ccncc2)cc1. The van der Waals surface area contributed by atoms with Crippen molar-refractivity contribution in [2.75, 3.05) is 6.61 Å². The van der Waals surface area contributed by atoms with E-state index in [2.05, 4.69) is 10.3 Å². The molecule has 0 radical (unpaired) electrons. The monoisotopic (exact) mass is 350 g/mol. The van der Waals surface area contributed by atoms with Crippen LogP contribution >= 0.6 is 11.6 Å². The summed E-state index contributed by atoms with van der Waals surface area (Å²) in [7, 11) is 0. The van der Waals surface area contributed by atoms with E-state index in [1.54, 1.807) is 18.5 Å². The Balaban J connectivity index is 1.50. The number of carbonyl (C=O) groups is 1. The number of nitrogens with one attached hydrogen (secondary N) is 1. The molecule has 1 aromatic heterocycles. The van der Waals surface area contributed by atoms with Crippen LogP contribution in [-0.2, 0) is 0 Å². The van der Waals surface area contributed by atoms with Crippen LogP contribution in [0.5, 0.6) is 5.75 Å². The van der Waals surface area contributed by atoms with Crippen LogP contribution in [0.3, 0.4) is 0 Å². The lowest BCUT2D eigenvalue weighted by molar-refractivity contribution is 0.0930. The van der Waals surface area contributed by atoms with Crippen LogP contribution in [0.2, 0.25) is 5.02 Å². The first-order valence-corrected chi connectivity index (χ1v) is 8.33. The highest BCUT2D eigenvalue weighted by atomic mass is 35.5. The molecule has 3 aromatic rings. The molecule has 5 heteroatoms. The Morgan fingerprint density at radius 3 is 2.52 bits per heavy atom. The number of para-hydroxylation sites is 1. The number of fused-ring (bicyclic) bond motifs is 1. The van der Waals surface area contributed by atoms with Crippen LogP contribution < -0.4 is 10.1 Å². The zero-order chi connectivity index (χ0) is 17.2. The summed E-state index contributed by atoms with van der Waals surface area (Å²) in [6.45, 7) is 0.389. The second kappa shape index (κ2) is 6.57. The molecule has 0 aliphatic carbocycles. The van der Waals surface area contributed by atoms with Crippen LogP contribution in [0.25, 0.3) is 11.1 Å². The molecule has 0 saturated carbocycles. The van der Waals surface area contributed by atoms with Gasteiger partial charge in [-0.05, 0) is 41.5 Å². The van der Waals surface area contributed by atoms with Crippen LogP contribution in [0.15, 0.2) is 67.0 Å². The zero-order valence-electron chi connectivity index (χ0n) is 13.3. The molecule has 2 heterocycles. The standard InChI is InChI=1S/C20H15ClN2O2/c21-17-3-1-2-16-18(12-25-19(16)17)23-20(24)15-6-4-13(5-7-15)14-8-10-22-11-9-14/h1-11,18H,12H2,(H,23,24). The number of hydrogen-bond acceptors (Lipinski definition) is 3. The Labute approximate surface area is 150 Å². The van der Waals surface area contributed by atoms with Crippen LogP contribution in [0.4, 0.5) is 0 Å². The Hall–Kier alpha value is -2.85. The Morgan fingerprint density at radius 1 is 1.04 bits per heavy atom.